The Balaban J connectivity index is 2.03. The minimum absolute atomic E-state index is 0.0943. The van der Waals surface area contributed by atoms with Gasteiger partial charge in [-0.3, -0.25) is 0 Å². The summed E-state index contributed by atoms with van der Waals surface area (Å²) in [5.41, 5.74) is 1.11. The van der Waals surface area contributed by atoms with Crippen molar-refractivity contribution < 1.29 is 8.42 Å². The van der Waals surface area contributed by atoms with Crippen LogP contribution in [0, 0.1) is 0 Å². The van der Waals surface area contributed by atoms with Crippen molar-refractivity contribution in [3.8, 4) is 0 Å². The molecule has 1 fully saturated rings. The van der Waals surface area contributed by atoms with Crippen LogP contribution in [-0.4, -0.2) is 39.4 Å². The van der Waals surface area contributed by atoms with Crippen molar-refractivity contribution in [2.75, 3.05) is 25.5 Å². The van der Waals surface area contributed by atoms with Crippen LogP contribution >= 0.6 is 0 Å². The molecule has 0 radical (unpaired) electrons. The predicted molar refractivity (Wildman–Crippen MR) is 90.9 cm³/mol. The molecule has 118 valence electrons. The Bertz CT molecular complexity index is 799. The van der Waals surface area contributed by atoms with Crippen LogP contribution in [-0.2, 0) is 10.0 Å². The summed E-state index contributed by atoms with van der Waals surface area (Å²) in [5, 5.41) is 2.01. The molecule has 0 amide bonds. The number of fused-ring (bicyclic) bond motifs is 1. The highest BCUT2D eigenvalue weighted by molar-refractivity contribution is 7.89. The van der Waals surface area contributed by atoms with E-state index in [1.165, 1.54) is 0 Å². The molecule has 0 spiro atoms. The molecule has 1 saturated heterocycles. The van der Waals surface area contributed by atoms with E-state index < -0.39 is 10.0 Å². The van der Waals surface area contributed by atoms with Crippen LogP contribution in [0.5, 0.6) is 0 Å². The van der Waals surface area contributed by atoms with Crippen molar-refractivity contribution in [3.05, 3.63) is 36.4 Å². The molecule has 4 nitrogen and oxygen atoms in total. The van der Waals surface area contributed by atoms with Gasteiger partial charge in [0.2, 0.25) is 10.0 Å². The maximum Gasteiger partial charge on any atom is 0.243 e. The summed E-state index contributed by atoms with van der Waals surface area (Å²) < 4.78 is 27.2. The lowest BCUT2D eigenvalue weighted by molar-refractivity contribution is 0.408. The van der Waals surface area contributed by atoms with Crippen molar-refractivity contribution in [2.45, 2.75) is 30.7 Å². The molecule has 1 heterocycles. The van der Waals surface area contributed by atoms with Gasteiger partial charge in [-0.05, 0) is 54.8 Å². The average molecular weight is 318 g/mol. The third-order valence-electron chi connectivity index (χ3n) is 4.41. The second-order valence-electron chi connectivity index (χ2n) is 6.19. The molecule has 0 N–H and O–H groups in total. The Morgan fingerprint density at radius 1 is 1.09 bits per heavy atom. The van der Waals surface area contributed by atoms with Gasteiger partial charge in [0.15, 0.2) is 0 Å². The second-order valence-corrected chi connectivity index (χ2v) is 8.09. The molecule has 1 aliphatic heterocycles. The van der Waals surface area contributed by atoms with E-state index in [2.05, 4.69) is 6.07 Å². The first-order valence-electron chi connectivity index (χ1n) is 7.62. The molecule has 2 aromatic carbocycles. The molecule has 5 heteroatoms. The maximum absolute atomic E-state index is 12.8. The standard InChI is InChI=1S/C17H22N2O2S/c1-13-5-4-10-19(13)22(20,21)17-9-7-14-11-16(18(2)3)8-6-15(14)12-17/h6-9,11-13H,4-5,10H2,1-3H3/t13-/m1/s1. The van der Waals surface area contributed by atoms with Crippen LogP contribution in [0.4, 0.5) is 5.69 Å². The van der Waals surface area contributed by atoms with E-state index >= 15 is 0 Å². The molecule has 2 aromatic rings. The van der Waals surface area contributed by atoms with Crippen LogP contribution in [0.2, 0.25) is 0 Å². The minimum Gasteiger partial charge on any atom is -0.378 e. The van der Waals surface area contributed by atoms with Crippen molar-refractivity contribution in [3.63, 3.8) is 0 Å². The van der Waals surface area contributed by atoms with Crippen molar-refractivity contribution >= 4 is 26.5 Å². The Morgan fingerprint density at radius 2 is 1.77 bits per heavy atom. The van der Waals surface area contributed by atoms with Crippen molar-refractivity contribution in [1.29, 1.82) is 0 Å². The van der Waals surface area contributed by atoms with Gasteiger partial charge in [-0.1, -0.05) is 12.1 Å². The summed E-state index contributed by atoms with van der Waals surface area (Å²) in [6.45, 7) is 2.61. The fourth-order valence-corrected chi connectivity index (χ4v) is 4.78. The number of nitrogens with zero attached hydrogens (tertiary/aromatic N) is 2. The van der Waals surface area contributed by atoms with Crippen LogP contribution in [0.3, 0.4) is 0 Å². The first kappa shape index (κ1) is 15.3. The van der Waals surface area contributed by atoms with E-state index in [1.54, 1.807) is 16.4 Å². The monoisotopic (exact) mass is 318 g/mol. The molecule has 0 aromatic heterocycles. The van der Waals surface area contributed by atoms with Gasteiger partial charge in [-0.25, -0.2) is 8.42 Å². The number of rotatable bonds is 3. The summed E-state index contributed by atoms with van der Waals surface area (Å²) in [4.78, 5) is 2.43. The third-order valence-corrected chi connectivity index (χ3v) is 6.42. The van der Waals surface area contributed by atoms with E-state index in [-0.39, 0.29) is 6.04 Å². The van der Waals surface area contributed by atoms with Gasteiger partial charge in [-0.2, -0.15) is 4.31 Å². The molecule has 22 heavy (non-hydrogen) atoms. The topological polar surface area (TPSA) is 40.6 Å². The number of sulfonamides is 1. The number of hydrogen-bond donors (Lipinski definition) is 0. The SMILES string of the molecule is C[C@@H]1CCCN1S(=O)(=O)c1ccc2cc(N(C)C)ccc2c1. The summed E-state index contributed by atoms with van der Waals surface area (Å²) in [7, 11) is 0.607. The van der Waals surface area contributed by atoms with Crippen LogP contribution in [0.25, 0.3) is 10.8 Å². The Labute approximate surface area is 132 Å². The number of anilines is 1. The maximum atomic E-state index is 12.8. The summed E-state index contributed by atoms with van der Waals surface area (Å²) in [6, 6.07) is 11.6. The number of hydrogen-bond acceptors (Lipinski definition) is 3. The van der Waals surface area contributed by atoms with Gasteiger partial charge in [0.1, 0.15) is 0 Å². The zero-order valence-electron chi connectivity index (χ0n) is 13.3. The predicted octanol–water partition coefficient (Wildman–Crippen LogP) is 3.08. The zero-order chi connectivity index (χ0) is 15.9. The smallest absolute Gasteiger partial charge is 0.243 e. The molecule has 0 saturated carbocycles. The Kier molecular flexibility index (Phi) is 3.87. The summed E-state index contributed by atoms with van der Waals surface area (Å²) in [5.74, 6) is 0. The second kappa shape index (κ2) is 5.56. The normalized spacial score (nSPS) is 19.7. The molecule has 1 aliphatic rings. The van der Waals surface area contributed by atoms with Gasteiger partial charge in [0, 0.05) is 32.4 Å². The minimum atomic E-state index is -3.38. The lowest BCUT2D eigenvalue weighted by Gasteiger charge is -2.21. The Morgan fingerprint density at radius 3 is 2.41 bits per heavy atom. The van der Waals surface area contributed by atoms with E-state index in [4.69, 9.17) is 0 Å². The van der Waals surface area contributed by atoms with Crippen molar-refractivity contribution in [1.82, 2.24) is 4.31 Å². The highest BCUT2D eigenvalue weighted by Crippen LogP contribution is 2.29. The van der Waals surface area contributed by atoms with Crippen molar-refractivity contribution in [2.24, 2.45) is 0 Å². The lowest BCUT2D eigenvalue weighted by Crippen LogP contribution is -2.33. The van der Waals surface area contributed by atoms with Gasteiger partial charge in [0.05, 0.1) is 4.90 Å². The fraction of sp³-hybridized carbons (Fsp3) is 0.412. The molecule has 0 unspecified atom stereocenters. The first-order valence-corrected chi connectivity index (χ1v) is 9.06. The molecular weight excluding hydrogens is 296 g/mol. The quantitative estimate of drug-likeness (QED) is 0.873. The van der Waals surface area contributed by atoms with Crippen LogP contribution in [0.1, 0.15) is 19.8 Å². The molecular formula is C17H22N2O2S. The van der Waals surface area contributed by atoms with E-state index in [0.717, 1.165) is 29.3 Å². The molecule has 0 aliphatic carbocycles. The lowest BCUT2D eigenvalue weighted by atomic mass is 10.1. The largest absolute Gasteiger partial charge is 0.378 e. The van der Waals surface area contributed by atoms with Crippen LogP contribution in [0.15, 0.2) is 41.3 Å². The number of benzene rings is 2. The van der Waals surface area contributed by atoms with Gasteiger partial charge in [0.25, 0.3) is 0 Å². The molecule has 1 atom stereocenters. The van der Waals surface area contributed by atoms with E-state index in [0.29, 0.717) is 11.4 Å². The van der Waals surface area contributed by atoms with Gasteiger partial charge >= 0.3 is 0 Å². The Hall–Kier alpha value is -1.59. The highest BCUT2D eigenvalue weighted by Gasteiger charge is 2.32. The summed E-state index contributed by atoms with van der Waals surface area (Å²) >= 11 is 0. The van der Waals surface area contributed by atoms with Crippen LogP contribution < -0.4 is 4.90 Å². The molecule has 0 bridgehead atoms. The zero-order valence-corrected chi connectivity index (χ0v) is 14.1. The summed E-state index contributed by atoms with van der Waals surface area (Å²) in [6.07, 6.45) is 1.89. The van der Waals surface area contributed by atoms with Gasteiger partial charge < -0.3 is 4.90 Å². The fourth-order valence-electron chi connectivity index (χ4n) is 3.05. The average Bonchev–Trinajstić information content (AvgIpc) is 2.93. The molecule has 3 rings (SSSR count). The highest BCUT2D eigenvalue weighted by atomic mass is 32.2. The van der Waals surface area contributed by atoms with E-state index in [1.807, 2.05) is 44.1 Å². The first-order chi connectivity index (χ1) is 10.4. The van der Waals surface area contributed by atoms with E-state index in [9.17, 15) is 8.42 Å². The third kappa shape index (κ3) is 2.59. The van der Waals surface area contributed by atoms with Gasteiger partial charge in [-0.15, -0.1) is 0 Å².